The summed E-state index contributed by atoms with van der Waals surface area (Å²) >= 11 is 1.55. The summed E-state index contributed by atoms with van der Waals surface area (Å²) in [5.41, 5.74) is 10.5. The summed E-state index contributed by atoms with van der Waals surface area (Å²) in [5.74, 6) is 0. The van der Waals surface area contributed by atoms with Crippen molar-refractivity contribution < 1.29 is 49.0 Å². The summed E-state index contributed by atoms with van der Waals surface area (Å²) in [7, 11) is -5.75. The van der Waals surface area contributed by atoms with E-state index in [9.17, 15) is 0 Å². The second-order valence-corrected chi connectivity index (χ2v) is 35.6. The van der Waals surface area contributed by atoms with Crippen LogP contribution in [0.4, 0.5) is 0 Å². The van der Waals surface area contributed by atoms with Gasteiger partial charge in [0.2, 0.25) is 0 Å². The van der Waals surface area contributed by atoms with E-state index in [1.165, 1.54) is 108 Å². The van der Waals surface area contributed by atoms with Gasteiger partial charge in [-0.15, -0.1) is 46.2 Å². The van der Waals surface area contributed by atoms with Crippen LogP contribution in [-0.2, 0) is 47.9 Å². The van der Waals surface area contributed by atoms with E-state index in [1.807, 2.05) is 12.2 Å². The van der Waals surface area contributed by atoms with Gasteiger partial charge >= 0.3 is 112 Å². The van der Waals surface area contributed by atoms with Crippen LogP contribution < -0.4 is 66.3 Å². The SMILES string of the molecule is CC(C)(C)c1cc2c(cc1-c1ccccc1[Si](c1ccccc1)(c1ccccc1)c1ccccc1)[cH-]c1cc(-c3ccccc3[Si](c3ccccc3)(c3ccccc3)c3ccccc3)c(C(C)(C)C)cc12.[C-]1=CC=CC1.[Cl-].[Cl-].[Zr+2]=[C](Cc1ccccc1)Cc1ccccc1. The Bertz CT molecular complexity index is 4160. The molecular weight excluding hydrogens is 1290 g/mol. The van der Waals surface area contributed by atoms with Crippen LogP contribution in [0.1, 0.15) is 70.2 Å². The Balaban J connectivity index is 0.000000355. The molecule has 0 aromatic heterocycles. The predicted molar refractivity (Wildman–Crippen MR) is 399 cm³/mol. The second kappa shape index (κ2) is 30.9. The molecule has 13 aromatic rings. The first-order valence-electron chi connectivity index (χ1n) is 32.5. The van der Waals surface area contributed by atoms with Crippen LogP contribution in [0.15, 0.2) is 340 Å². The van der Waals surface area contributed by atoms with Gasteiger partial charge in [-0.25, -0.2) is 12.2 Å². The zero-order chi connectivity index (χ0) is 63.6. The van der Waals surface area contributed by atoms with Crippen LogP contribution in [0.3, 0.4) is 0 Å². The number of hydrogen-bond acceptors (Lipinski definition) is 0. The molecule has 0 radical (unpaired) electrons. The van der Waals surface area contributed by atoms with E-state index < -0.39 is 16.1 Å². The van der Waals surface area contributed by atoms with E-state index >= 15 is 0 Å². The Morgan fingerprint density at radius 3 is 0.894 bits per heavy atom. The Morgan fingerprint density at radius 2 is 0.638 bits per heavy atom. The molecule has 1 aliphatic carbocycles. The van der Waals surface area contributed by atoms with Gasteiger partial charge in [0, 0.05) is 0 Å². The first kappa shape index (κ1) is 68.6. The van der Waals surface area contributed by atoms with Crippen LogP contribution in [0, 0.1) is 6.08 Å². The maximum absolute atomic E-state index is 2.99. The van der Waals surface area contributed by atoms with E-state index in [0.717, 1.165) is 19.3 Å². The molecule has 0 N–H and O–H groups in total. The molecule has 0 aliphatic heterocycles. The van der Waals surface area contributed by atoms with E-state index in [2.05, 4.69) is 375 Å². The molecule has 0 atom stereocenters. The summed E-state index contributed by atoms with van der Waals surface area (Å²) in [6.45, 7) is 14.3. The standard InChI is InChI=1S/C69H61Si2.C15H14.C5H5.2ClH.Zr/c1-68(2,3)64-48-60-50(46-62(64)58-41-25-27-43-66(58)70(52-29-13-7-14-30-52,53-31-15-8-16-32-53)54-33-17-9-18-34-54)45-51-47-63(65(49-61(51)60)69(4,5)6)59-42-26-28-44-67(59)71(55-35-19-10-20-36-55,56-37-21-11-22-38-56)57-39-23-12-24-40-57;1-3-8-14(9-4-1)12-7-13-15-10-5-2-6-11-15;1-2-4-5-3-1;;;/h7-49H,1-6H3;1-6,8-11H,12-13H2;1-3H,4H2;2*1H;/q-1;;-1;;;+2/p-2. The Labute approximate surface area is 588 Å². The Morgan fingerprint density at radius 1 is 0.362 bits per heavy atom. The molecule has 0 unspecified atom stereocenters. The average molecular weight is 1370 g/mol. The number of hydrogen-bond donors (Lipinski definition) is 0. The van der Waals surface area contributed by atoms with Crippen molar-refractivity contribution in [2.45, 2.75) is 71.6 Å². The minimum atomic E-state index is -2.87. The number of halogens is 2. The van der Waals surface area contributed by atoms with E-state index in [1.54, 1.807) is 27.4 Å². The van der Waals surface area contributed by atoms with Crippen LogP contribution >= 0.6 is 0 Å². The molecule has 0 fully saturated rings. The van der Waals surface area contributed by atoms with Crippen LogP contribution in [-0.4, -0.2) is 19.4 Å². The van der Waals surface area contributed by atoms with Crippen LogP contribution in [0.25, 0.3) is 43.8 Å². The van der Waals surface area contributed by atoms with E-state index in [0.29, 0.717) is 0 Å². The summed E-state index contributed by atoms with van der Waals surface area (Å²) < 4.78 is 1.60. The quantitative estimate of drug-likeness (QED) is 0.0578. The first-order chi connectivity index (χ1) is 44.8. The molecule has 5 heteroatoms. The van der Waals surface area contributed by atoms with Crippen molar-refractivity contribution in [1.82, 2.24) is 0 Å². The zero-order valence-electron chi connectivity index (χ0n) is 54.7. The molecular formula is C89H80Cl2Si2Zr-2. The van der Waals surface area contributed by atoms with Gasteiger partial charge in [0.25, 0.3) is 0 Å². The molecule has 0 amide bonds. The normalized spacial score (nSPS) is 12.0. The van der Waals surface area contributed by atoms with Crippen molar-refractivity contribution in [3.05, 3.63) is 368 Å². The molecule has 14 rings (SSSR count). The summed E-state index contributed by atoms with van der Waals surface area (Å²) in [5, 5.41) is 16.3. The van der Waals surface area contributed by atoms with Crippen molar-refractivity contribution in [3.63, 3.8) is 0 Å². The monoisotopic (exact) mass is 1360 g/mol. The van der Waals surface area contributed by atoms with Gasteiger partial charge in [-0.3, -0.25) is 6.08 Å². The molecule has 0 bridgehead atoms. The van der Waals surface area contributed by atoms with Gasteiger partial charge in [-0.05, 0) is 85.7 Å². The van der Waals surface area contributed by atoms with Gasteiger partial charge in [-0.2, -0.15) is 6.08 Å². The number of allylic oxidation sites excluding steroid dienone is 4. The fourth-order valence-electron chi connectivity index (χ4n) is 14.0. The fraction of sp³-hybridized carbons (Fsp3) is 0.124. The topological polar surface area (TPSA) is 0 Å². The Kier molecular flexibility index (Phi) is 22.5. The third-order valence-corrected chi connectivity index (χ3v) is 28.7. The van der Waals surface area contributed by atoms with Crippen molar-refractivity contribution in [1.29, 1.82) is 0 Å². The minimum absolute atomic E-state index is 0. The average Bonchev–Trinajstić information content (AvgIpc) is 1.10. The van der Waals surface area contributed by atoms with Gasteiger partial charge < -0.3 is 24.8 Å². The number of rotatable bonds is 14. The van der Waals surface area contributed by atoms with Crippen molar-refractivity contribution in [2.24, 2.45) is 0 Å². The summed E-state index contributed by atoms with van der Waals surface area (Å²) in [4.78, 5) is 0. The molecule has 464 valence electrons. The zero-order valence-corrected chi connectivity index (χ0v) is 60.7. The summed E-state index contributed by atoms with van der Waals surface area (Å²) in [6.07, 6.45) is 12.2. The molecule has 0 nitrogen and oxygen atoms in total. The van der Waals surface area contributed by atoms with Crippen molar-refractivity contribution in [2.75, 3.05) is 0 Å². The van der Waals surface area contributed by atoms with Crippen molar-refractivity contribution in [3.8, 4) is 22.3 Å². The fourth-order valence-corrected chi connectivity index (χ4v) is 25.0. The van der Waals surface area contributed by atoms with E-state index in [4.69, 9.17) is 0 Å². The third-order valence-electron chi connectivity index (χ3n) is 18.2. The van der Waals surface area contributed by atoms with E-state index in [-0.39, 0.29) is 35.6 Å². The van der Waals surface area contributed by atoms with Gasteiger partial charge in [-0.1, -0.05) is 284 Å². The van der Waals surface area contributed by atoms with Crippen LogP contribution in [0.5, 0.6) is 0 Å². The van der Waals surface area contributed by atoms with Gasteiger partial charge in [0.15, 0.2) is 16.1 Å². The molecule has 0 saturated carbocycles. The number of fused-ring (bicyclic) bond motifs is 3. The molecule has 13 aromatic carbocycles. The van der Waals surface area contributed by atoms with Gasteiger partial charge in [0.05, 0.1) is 0 Å². The maximum atomic E-state index is 2.99. The molecule has 1 aliphatic rings. The molecule has 0 spiro atoms. The number of benzene rings is 12. The van der Waals surface area contributed by atoms with Gasteiger partial charge in [0.1, 0.15) is 0 Å². The molecule has 0 heterocycles. The molecule has 94 heavy (non-hydrogen) atoms. The van der Waals surface area contributed by atoms with Crippen molar-refractivity contribution >= 4 is 82.4 Å². The second-order valence-electron chi connectivity index (χ2n) is 26.3. The first-order valence-corrected chi connectivity index (χ1v) is 37.7. The summed E-state index contributed by atoms with van der Waals surface area (Å²) in [6, 6.07) is 121. The van der Waals surface area contributed by atoms with Crippen LogP contribution in [0.2, 0.25) is 0 Å². The Hall–Kier alpha value is -8.24. The third kappa shape index (κ3) is 14.5. The molecule has 0 saturated heterocycles. The predicted octanol–water partition coefficient (Wildman–Crippen LogP) is 10.9.